The van der Waals surface area contributed by atoms with Crippen LogP contribution in [0.2, 0.25) is 0 Å². The van der Waals surface area contributed by atoms with Gasteiger partial charge in [-0.2, -0.15) is 0 Å². The molecule has 3 aromatic rings. The number of aryl methyl sites for hydroxylation is 3. The van der Waals surface area contributed by atoms with Crippen molar-refractivity contribution in [2.75, 3.05) is 17.2 Å². The van der Waals surface area contributed by atoms with E-state index in [1.807, 2.05) is 38.1 Å². The maximum Gasteiger partial charge on any atom is 0.316 e. The molecule has 0 atom stereocenters. The lowest BCUT2D eigenvalue weighted by Gasteiger charge is -2.21. The van der Waals surface area contributed by atoms with Crippen LogP contribution in [0.5, 0.6) is 0 Å². The van der Waals surface area contributed by atoms with E-state index in [1.165, 1.54) is 36.9 Å². The molecule has 0 saturated carbocycles. The van der Waals surface area contributed by atoms with Gasteiger partial charge in [0.25, 0.3) is 0 Å². The normalized spacial score (nSPS) is 11.6. The summed E-state index contributed by atoms with van der Waals surface area (Å²) in [6, 6.07) is 11.7. The van der Waals surface area contributed by atoms with Crippen molar-refractivity contribution in [2.24, 2.45) is 14.1 Å². The quantitative estimate of drug-likeness (QED) is 0.541. The molecule has 0 fully saturated rings. The van der Waals surface area contributed by atoms with Crippen LogP contribution < -0.4 is 16.0 Å². The highest BCUT2D eigenvalue weighted by Crippen LogP contribution is 2.20. The SMILES string of the molecule is CCN(C(=O)CCS(=O)(=O)c1ccc2c(c1)n(C)c(=O)c(=O)n2C)c1cccc(C)c1. The zero-order valence-electron chi connectivity index (χ0n) is 18.0. The molecular formula is C22H25N3O5S. The number of anilines is 1. The molecule has 0 aliphatic rings. The predicted octanol–water partition coefficient (Wildman–Crippen LogP) is 1.76. The summed E-state index contributed by atoms with van der Waals surface area (Å²) in [6.07, 6.45) is -0.172. The Hall–Kier alpha value is -3.20. The van der Waals surface area contributed by atoms with Gasteiger partial charge in [-0.1, -0.05) is 12.1 Å². The lowest BCUT2D eigenvalue weighted by Crippen LogP contribution is -2.39. The van der Waals surface area contributed by atoms with Gasteiger partial charge < -0.3 is 14.0 Å². The Labute approximate surface area is 180 Å². The fraction of sp³-hybridized carbons (Fsp3) is 0.318. The molecule has 0 saturated heterocycles. The van der Waals surface area contributed by atoms with Gasteiger partial charge >= 0.3 is 11.1 Å². The van der Waals surface area contributed by atoms with Crippen molar-refractivity contribution in [2.45, 2.75) is 25.2 Å². The molecule has 0 spiro atoms. The van der Waals surface area contributed by atoms with Crippen LogP contribution in [0.15, 0.2) is 56.9 Å². The van der Waals surface area contributed by atoms with Crippen molar-refractivity contribution in [3.05, 3.63) is 68.7 Å². The van der Waals surface area contributed by atoms with E-state index in [1.54, 1.807) is 4.90 Å². The molecule has 9 heteroatoms. The van der Waals surface area contributed by atoms with E-state index in [9.17, 15) is 22.8 Å². The predicted molar refractivity (Wildman–Crippen MR) is 120 cm³/mol. The van der Waals surface area contributed by atoms with E-state index in [0.29, 0.717) is 17.6 Å². The largest absolute Gasteiger partial charge is 0.316 e. The standard InChI is InChI=1S/C22H25N3O5S/c1-5-25(16-8-6-7-15(2)13-16)20(26)11-12-31(29,30)17-9-10-18-19(14-17)24(4)22(28)21(27)23(18)3/h6-10,13-14H,5,11-12H2,1-4H3. The summed E-state index contributed by atoms with van der Waals surface area (Å²) in [5.74, 6) is -0.647. The molecule has 3 rings (SSSR count). The number of carbonyl (C=O) groups excluding carboxylic acids is 1. The molecule has 1 heterocycles. The van der Waals surface area contributed by atoms with Crippen molar-refractivity contribution in [1.82, 2.24) is 9.13 Å². The second-order valence-corrected chi connectivity index (χ2v) is 9.53. The van der Waals surface area contributed by atoms with Crippen LogP contribution in [0.1, 0.15) is 18.9 Å². The molecule has 31 heavy (non-hydrogen) atoms. The van der Waals surface area contributed by atoms with Crippen LogP contribution in [0.3, 0.4) is 0 Å². The summed E-state index contributed by atoms with van der Waals surface area (Å²) < 4.78 is 28.1. The molecule has 0 aliphatic carbocycles. The third-order valence-corrected chi connectivity index (χ3v) is 7.05. The zero-order valence-corrected chi connectivity index (χ0v) is 18.8. The second-order valence-electron chi connectivity index (χ2n) is 7.42. The molecule has 0 bridgehead atoms. The maximum absolute atomic E-state index is 12.9. The summed E-state index contributed by atoms with van der Waals surface area (Å²) >= 11 is 0. The van der Waals surface area contributed by atoms with Gasteiger partial charge in [0.2, 0.25) is 5.91 Å². The van der Waals surface area contributed by atoms with Crippen molar-refractivity contribution in [3.8, 4) is 0 Å². The lowest BCUT2D eigenvalue weighted by molar-refractivity contribution is -0.118. The monoisotopic (exact) mass is 443 g/mol. The molecule has 0 unspecified atom stereocenters. The minimum Gasteiger partial charge on any atom is -0.313 e. The summed E-state index contributed by atoms with van der Waals surface area (Å²) in [7, 11) is -0.896. The molecule has 164 valence electrons. The number of benzene rings is 2. The van der Waals surface area contributed by atoms with E-state index in [4.69, 9.17) is 0 Å². The number of fused-ring (bicyclic) bond motifs is 1. The summed E-state index contributed by atoms with van der Waals surface area (Å²) in [6.45, 7) is 4.19. The minimum absolute atomic E-state index is 0.0000491. The summed E-state index contributed by atoms with van der Waals surface area (Å²) in [5.41, 5.74) is 1.08. The molecule has 0 radical (unpaired) electrons. The van der Waals surface area contributed by atoms with Gasteiger partial charge in [-0.15, -0.1) is 0 Å². The number of hydrogen-bond acceptors (Lipinski definition) is 5. The molecule has 2 aromatic carbocycles. The number of sulfone groups is 1. The molecule has 1 amide bonds. The van der Waals surface area contributed by atoms with Gasteiger partial charge in [0.1, 0.15) is 0 Å². The van der Waals surface area contributed by atoms with Crippen molar-refractivity contribution in [3.63, 3.8) is 0 Å². The Morgan fingerprint density at radius 3 is 2.23 bits per heavy atom. The molecule has 1 aromatic heterocycles. The highest BCUT2D eigenvalue weighted by molar-refractivity contribution is 7.91. The van der Waals surface area contributed by atoms with Crippen molar-refractivity contribution in [1.29, 1.82) is 0 Å². The van der Waals surface area contributed by atoms with E-state index in [-0.39, 0.29) is 23.0 Å². The third kappa shape index (κ3) is 4.32. The minimum atomic E-state index is -3.78. The average Bonchev–Trinajstić information content (AvgIpc) is 2.75. The number of hydrogen-bond donors (Lipinski definition) is 0. The number of carbonyl (C=O) groups is 1. The van der Waals surface area contributed by atoms with Crippen LogP contribution in [0.4, 0.5) is 5.69 Å². The van der Waals surface area contributed by atoms with E-state index in [0.717, 1.165) is 15.8 Å². The Bertz CT molecular complexity index is 1390. The van der Waals surface area contributed by atoms with E-state index in [2.05, 4.69) is 0 Å². The molecule has 0 N–H and O–H groups in total. The Morgan fingerprint density at radius 1 is 0.968 bits per heavy atom. The topological polar surface area (TPSA) is 98.5 Å². The zero-order chi connectivity index (χ0) is 22.9. The average molecular weight is 444 g/mol. The number of nitrogens with zero attached hydrogens (tertiary/aromatic N) is 3. The van der Waals surface area contributed by atoms with Crippen molar-refractivity contribution < 1.29 is 13.2 Å². The second kappa shape index (κ2) is 8.50. The van der Waals surface area contributed by atoms with Gasteiger partial charge in [0, 0.05) is 32.7 Å². The first kappa shape index (κ1) is 22.5. The highest BCUT2D eigenvalue weighted by atomic mass is 32.2. The number of rotatable bonds is 6. The maximum atomic E-state index is 12.9. The Kier molecular flexibility index (Phi) is 6.17. The fourth-order valence-corrected chi connectivity index (χ4v) is 4.77. The van der Waals surface area contributed by atoms with Gasteiger partial charge in [0.15, 0.2) is 9.84 Å². The number of amides is 1. The highest BCUT2D eigenvalue weighted by Gasteiger charge is 2.21. The van der Waals surface area contributed by atoms with Gasteiger partial charge in [-0.25, -0.2) is 8.42 Å². The number of aromatic nitrogens is 2. The van der Waals surface area contributed by atoms with Gasteiger partial charge in [-0.3, -0.25) is 14.4 Å². The first-order valence-corrected chi connectivity index (χ1v) is 11.5. The fourth-order valence-electron chi connectivity index (χ4n) is 3.53. The Morgan fingerprint density at radius 2 is 1.61 bits per heavy atom. The first-order valence-electron chi connectivity index (χ1n) is 9.86. The third-order valence-electron chi connectivity index (χ3n) is 5.34. The van der Waals surface area contributed by atoms with Gasteiger partial charge in [-0.05, 0) is 49.7 Å². The summed E-state index contributed by atoms with van der Waals surface area (Å²) in [5, 5.41) is 0. The van der Waals surface area contributed by atoms with E-state index >= 15 is 0 Å². The van der Waals surface area contributed by atoms with Gasteiger partial charge in [0.05, 0.1) is 21.7 Å². The van der Waals surface area contributed by atoms with Crippen molar-refractivity contribution >= 4 is 32.5 Å². The molecular weight excluding hydrogens is 418 g/mol. The van der Waals surface area contributed by atoms with Crippen LogP contribution in [0.25, 0.3) is 11.0 Å². The smallest absolute Gasteiger partial charge is 0.313 e. The van der Waals surface area contributed by atoms with Crippen LogP contribution >= 0.6 is 0 Å². The van der Waals surface area contributed by atoms with E-state index < -0.39 is 21.0 Å². The molecule has 0 aliphatic heterocycles. The first-order chi connectivity index (χ1) is 14.6. The van der Waals surface area contributed by atoms with Crippen LogP contribution in [-0.4, -0.2) is 35.8 Å². The lowest BCUT2D eigenvalue weighted by atomic mass is 10.2. The van der Waals surface area contributed by atoms with Crippen LogP contribution in [0, 0.1) is 6.92 Å². The van der Waals surface area contributed by atoms with Crippen LogP contribution in [-0.2, 0) is 28.7 Å². The summed E-state index contributed by atoms with van der Waals surface area (Å²) in [4.78, 5) is 38.3. The Balaban J connectivity index is 1.88. The molecule has 8 nitrogen and oxygen atoms in total.